The Balaban J connectivity index is 2.68. The zero-order valence-electron chi connectivity index (χ0n) is 9.66. The van der Waals surface area contributed by atoms with Crippen LogP contribution >= 0.6 is 11.8 Å². The van der Waals surface area contributed by atoms with Crippen LogP contribution in [0.1, 0.15) is 25.0 Å². The van der Waals surface area contributed by atoms with E-state index in [1.54, 1.807) is 11.8 Å². The van der Waals surface area contributed by atoms with Gasteiger partial charge in [0.1, 0.15) is 0 Å². The number of rotatable bonds is 4. The van der Waals surface area contributed by atoms with E-state index in [1.165, 1.54) is 16.7 Å². The van der Waals surface area contributed by atoms with E-state index in [4.69, 9.17) is 0 Å². The van der Waals surface area contributed by atoms with E-state index in [9.17, 15) is 0 Å². The topological polar surface area (TPSA) is 0 Å². The summed E-state index contributed by atoms with van der Waals surface area (Å²) in [5, 5.41) is 2.15. The van der Waals surface area contributed by atoms with Gasteiger partial charge in [0.2, 0.25) is 0 Å². The molecular weight excluding hydrogens is 200 g/mol. The maximum absolute atomic E-state index is 2.19. The normalized spacial score (nSPS) is 12.3. The molecule has 1 rings (SSSR count). The van der Waals surface area contributed by atoms with E-state index < -0.39 is 0 Å². The molecule has 0 aliphatic carbocycles. The molecule has 0 unspecified atom stereocenters. The molecule has 1 heteroatoms. The molecule has 0 aromatic heterocycles. The first-order valence-electron chi connectivity index (χ1n) is 5.23. The van der Waals surface area contributed by atoms with Crippen LogP contribution in [0.2, 0.25) is 0 Å². The zero-order valence-corrected chi connectivity index (χ0v) is 10.5. The van der Waals surface area contributed by atoms with Gasteiger partial charge in [-0.05, 0) is 41.7 Å². The van der Waals surface area contributed by atoms with Crippen LogP contribution in [-0.2, 0) is 6.42 Å². The lowest BCUT2D eigenvalue weighted by Gasteiger charge is -1.97. The van der Waals surface area contributed by atoms with Crippen molar-refractivity contribution in [2.75, 3.05) is 6.26 Å². The summed E-state index contributed by atoms with van der Waals surface area (Å²) in [7, 11) is 0. The summed E-state index contributed by atoms with van der Waals surface area (Å²) in [5.41, 5.74) is 3.95. The van der Waals surface area contributed by atoms with Gasteiger partial charge in [0, 0.05) is 0 Å². The van der Waals surface area contributed by atoms with Gasteiger partial charge >= 0.3 is 0 Å². The molecule has 0 heterocycles. The molecule has 0 aliphatic rings. The molecule has 0 amide bonds. The molecule has 0 atom stereocenters. The highest BCUT2D eigenvalue weighted by Gasteiger charge is 1.89. The van der Waals surface area contributed by atoms with Crippen LogP contribution in [0.25, 0.3) is 6.08 Å². The number of hydrogen-bond donors (Lipinski definition) is 0. The summed E-state index contributed by atoms with van der Waals surface area (Å²) in [6.07, 6.45) is 7.49. The molecule has 1 aromatic rings. The van der Waals surface area contributed by atoms with Gasteiger partial charge in [0.25, 0.3) is 0 Å². The first-order valence-corrected chi connectivity index (χ1v) is 6.51. The molecule has 0 bridgehead atoms. The van der Waals surface area contributed by atoms with Crippen LogP contribution < -0.4 is 0 Å². The van der Waals surface area contributed by atoms with E-state index >= 15 is 0 Å². The third-order valence-corrected chi connectivity index (χ3v) is 2.84. The Morgan fingerprint density at radius 1 is 1.27 bits per heavy atom. The van der Waals surface area contributed by atoms with Crippen molar-refractivity contribution in [3.63, 3.8) is 0 Å². The summed E-state index contributed by atoms with van der Waals surface area (Å²) in [4.78, 5) is 0. The Hall–Kier alpha value is -0.950. The molecule has 0 radical (unpaired) electrons. The molecule has 80 valence electrons. The van der Waals surface area contributed by atoms with Gasteiger partial charge in [-0.25, -0.2) is 0 Å². The van der Waals surface area contributed by atoms with Crippen LogP contribution in [0.3, 0.4) is 0 Å². The highest BCUT2D eigenvalue weighted by atomic mass is 32.2. The number of hydrogen-bond acceptors (Lipinski definition) is 1. The minimum Gasteiger partial charge on any atom is -0.137 e. The largest absolute Gasteiger partial charge is 0.137 e. The molecule has 0 fully saturated rings. The fourth-order valence-electron chi connectivity index (χ4n) is 1.32. The monoisotopic (exact) mass is 218 g/mol. The summed E-state index contributed by atoms with van der Waals surface area (Å²) < 4.78 is 0. The Morgan fingerprint density at radius 2 is 1.93 bits per heavy atom. The molecule has 0 saturated heterocycles. The first-order chi connectivity index (χ1) is 7.26. The predicted molar refractivity (Wildman–Crippen MR) is 72.1 cm³/mol. The van der Waals surface area contributed by atoms with Gasteiger partial charge in [-0.3, -0.25) is 0 Å². The highest BCUT2D eigenvalue weighted by molar-refractivity contribution is 8.01. The van der Waals surface area contributed by atoms with Gasteiger partial charge in [-0.2, -0.15) is 0 Å². The van der Waals surface area contributed by atoms with Crippen molar-refractivity contribution in [3.8, 4) is 0 Å². The molecule has 0 nitrogen and oxygen atoms in total. The standard InChI is InChI=1S/C14H18S/c1-4-13-7-9-14(10-8-13)6-5-12(2)11-15-3/h5-11H,4H2,1-3H3/b6-5+,12-11-. The quantitative estimate of drug-likeness (QED) is 0.669. The summed E-state index contributed by atoms with van der Waals surface area (Å²) in [5.74, 6) is 0. The average molecular weight is 218 g/mol. The summed E-state index contributed by atoms with van der Waals surface area (Å²) >= 11 is 1.74. The average Bonchev–Trinajstić information content (AvgIpc) is 2.27. The number of benzene rings is 1. The SMILES string of the molecule is CCc1ccc(/C=C/C(C)=C\SC)cc1. The Labute approximate surface area is 97.1 Å². The van der Waals surface area contributed by atoms with E-state index in [-0.39, 0.29) is 0 Å². The number of allylic oxidation sites excluding steroid dienone is 2. The predicted octanol–water partition coefficient (Wildman–Crippen LogP) is 4.53. The van der Waals surface area contributed by atoms with Crippen molar-refractivity contribution in [2.24, 2.45) is 0 Å². The molecule has 1 aromatic carbocycles. The van der Waals surface area contributed by atoms with Crippen LogP contribution in [0.4, 0.5) is 0 Å². The Kier molecular flexibility index (Phi) is 5.27. The lowest BCUT2D eigenvalue weighted by Crippen LogP contribution is -1.79. The van der Waals surface area contributed by atoms with Gasteiger partial charge in [0.15, 0.2) is 0 Å². The maximum Gasteiger partial charge on any atom is -0.0142 e. The second-order valence-electron chi connectivity index (χ2n) is 3.53. The number of aryl methyl sites for hydroxylation is 1. The molecule has 0 saturated carbocycles. The lowest BCUT2D eigenvalue weighted by molar-refractivity contribution is 1.14. The van der Waals surface area contributed by atoms with Crippen molar-refractivity contribution in [1.82, 2.24) is 0 Å². The molecule has 15 heavy (non-hydrogen) atoms. The summed E-state index contributed by atoms with van der Waals surface area (Å²) in [6.45, 7) is 4.30. The molecule has 0 N–H and O–H groups in total. The van der Waals surface area contributed by atoms with E-state index in [0.29, 0.717) is 0 Å². The van der Waals surface area contributed by atoms with Crippen molar-refractivity contribution in [3.05, 3.63) is 52.4 Å². The maximum atomic E-state index is 2.19. The number of thioether (sulfide) groups is 1. The Bertz CT molecular complexity index is 344. The van der Waals surface area contributed by atoms with Gasteiger partial charge in [0.05, 0.1) is 0 Å². The minimum absolute atomic E-state index is 1.11. The van der Waals surface area contributed by atoms with Crippen LogP contribution in [0, 0.1) is 0 Å². The fourth-order valence-corrected chi connectivity index (χ4v) is 1.77. The second kappa shape index (κ2) is 6.52. The van der Waals surface area contributed by atoms with Crippen molar-refractivity contribution in [2.45, 2.75) is 20.3 Å². The van der Waals surface area contributed by atoms with E-state index in [2.05, 4.69) is 61.9 Å². The van der Waals surface area contributed by atoms with Crippen molar-refractivity contribution in [1.29, 1.82) is 0 Å². The third-order valence-electron chi connectivity index (χ3n) is 2.23. The van der Waals surface area contributed by atoms with Crippen LogP contribution in [0.15, 0.2) is 41.3 Å². The van der Waals surface area contributed by atoms with Crippen molar-refractivity contribution >= 4 is 17.8 Å². The smallest absolute Gasteiger partial charge is 0.0142 e. The van der Waals surface area contributed by atoms with Crippen LogP contribution in [-0.4, -0.2) is 6.26 Å². The highest BCUT2D eigenvalue weighted by Crippen LogP contribution is 2.10. The Morgan fingerprint density at radius 3 is 2.47 bits per heavy atom. The molecule has 0 spiro atoms. The lowest BCUT2D eigenvalue weighted by atomic mass is 10.1. The van der Waals surface area contributed by atoms with Crippen molar-refractivity contribution < 1.29 is 0 Å². The zero-order chi connectivity index (χ0) is 11.1. The van der Waals surface area contributed by atoms with Crippen LogP contribution in [0.5, 0.6) is 0 Å². The third kappa shape index (κ3) is 4.39. The second-order valence-corrected chi connectivity index (χ2v) is 4.23. The summed E-state index contributed by atoms with van der Waals surface area (Å²) in [6, 6.07) is 8.71. The minimum atomic E-state index is 1.11. The van der Waals surface area contributed by atoms with Gasteiger partial charge in [-0.15, -0.1) is 11.8 Å². The fraction of sp³-hybridized carbons (Fsp3) is 0.286. The molecular formula is C14H18S. The first kappa shape index (κ1) is 12.1. The molecule has 0 aliphatic heterocycles. The van der Waals surface area contributed by atoms with E-state index in [0.717, 1.165) is 6.42 Å². The van der Waals surface area contributed by atoms with E-state index in [1.807, 2.05) is 0 Å². The van der Waals surface area contributed by atoms with Gasteiger partial charge in [-0.1, -0.05) is 43.3 Å². The van der Waals surface area contributed by atoms with Gasteiger partial charge < -0.3 is 0 Å².